The second kappa shape index (κ2) is 8.83. The van der Waals surface area contributed by atoms with Crippen LogP contribution in [0.2, 0.25) is 0 Å². The number of nitrogens with one attached hydrogen (secondary N) is 1. The van der Waals surface area contributed by atoms with E-state index in [2.05, 4.69) is 5.32 Å². The average molecular weight is 424 g/mol. The van der Waals surface area contributed by atoms with Gasteiger partial charge in [-0.2, -0.15) is 13.2 Å². The molecule has 0 aromatic heterocycles. The number of nitrogens with zero attached hydrogens (tertiary/aromatic N) is 1. The van der Waals surface area contributed by atoms with Crippen molar-refractivity contribution in [1.82, 2.24) is 10.2 Å². The highest BCUT2D eigenvalue weighted by molar-refractivity contribution is 5.94. The van der Waals surface area contributed by atoms with Crippen LogP contribution in [0.1, 0.15) is 27.9 Å². The average Bonchev–Trinajstić information content (AvgIpc) is 3.09. The van der Waals surface area contributed by atoms with Crippen LogP contribution >= 0.6 is 0 Å². The van der Waals surface area contributed by atoms with E-state index < -0.39 is 41.5 Å². The van der Waals surface area contributed by atoms with E-state index >= 15 is 0 Å². The summed E-state index contributed by atoms with van der Waals surface area (Å²) in [5, 5.41) is 2.65. The smallest absolute Gasteiger partial charge is 0.416 e. The predicted octanol–water partition coefficient (Wildman–Crippen LogP) is 3.39. The van der Waals surface area contributed by atoms with Crippen LogP contribution < -0.4 is 5.32 Å². The van der Waals surface area contributed by atoms with E-state index in [0.29, 0.717) is 0 Å². The first-order valence-corrected chi connectivity index (χ1v) is 9.23. The van der Waals surface area contributed by atoms with Gasteiger partial charge in [-0.25, -0.2) is 4.39 Å². The normalized spacial score (nSPS) is 19.5. The molecule has 30 heavy (non-hydrogen) atoms. The maximum Gasteiger partial charge on any atom is 0.416 e. The van der Waals surface area contributed by atoms with Crippen molar-refractivity contribution in [2.75, 3.05) is 13.7 Å². The lowest BCUT2D eigenvalue weighted by Crippen LogP contribution is -2.38. The highest BCUT2D eigenvalue weighted by atomic mass is 19.4. The number of rotatable bonds is 5. The summed E-state index contributed by atoms with van der Waals surface area (Å²) in [6, 6.07) is 9.19. The third kappa shape index (κ3) is 4.79. The number of benzene rings is 2. The molecule has 9 heteroatoms. The molecule has 2 atom stereocenters. The molecule has 1 aliphatic heterocycles. The summed E-state index contributed by atoms with van der Waals surface area (Å²) in [6.45, 7) is -0.0341. The molecule has 1 N–H and O–H groups in total. The zero-order valence-corrected chi connectivity index (χ0v) is 16.1. The minimum absolute atomic E-state index is 0.0139. The lowest BCUT2D eigenvalue weighted by Gasteiger charge is -2.24. The Hall–Kier alpha value is -2.94. The monoisotopic (exact) mass is 424 g/mol. The topological polar surface area (TPSA) is 58.6 Å². The van der Waals surface area contributed by atoms with Crippen LogP contribution in [-0.2, 0) is 22.3 Å². The van der Waals surface area contributed by atoms with Gasteiger partial charge in [0.2, 0.25) is 0 Å². The fourth-order valence-corrected chi connectivity index (χ4v) is 3.63. The lowest BCUT2D eigenvalue weighted by molar-refractivity contribution is -0.146. The third-order valence-electron chi connectivity index (χ3n) is 5.03. The minimum atomic E-state index is -4.53. The van der Waals surface area contributed by atoms with Crippen molar-refractivity contribution < 1.29 is 31.9 Å². The number of carbonyl (C=O) groups is 2. The zero-order valence-electron chi connectivity index (χ0n) is 16.1. The Balaban J connectivity index is 1.79. The Kier molecular flexibility index (Phi) is 6.40. The lowest BCUT2D eigenvalue weighted by atomic mass is 10.1. The van der Waals surface area contributed by atoms with E-state index in [0.717, 1.165) is 12.1 Å². The molecule has 0 aliphatic carbocycles. The summed E-state index contributed by atoms with van der Waals surface area (Å²) < 4.78 is 58.6. The number of alkyl halides is 3. The Morgan fingerprint density at radius 1 is 1.13 bits per heavy atom. The molecular weight excluding hydrogens is 404 g/mol. The van der Waals surface area contributed by atoms with Crippen molar-refractivity contribution in [2.45, 2.75) is 31.2 Å². The molecule has 0 spiro atoms. The molecule has 2 aromatic rings. The number of hydrogen-bond donors (Lipinski definition) is 1. The molecule has 1 aliphatic rings. The SMILES string of the molecule is COC(=O)[C@@H]1C[C@H](NC(=O)c2ccccc2F)CN1Cc1ccccc1C(F)(F)F. The largest absolute Gasteiger partial charge is 0.468 e. The van der Waals surface area contributed by atoms with Crippen molar-refractivity contribution >= 4 is 11.9 Å². The van der Waals surface area contributed by atoms with E-state index in [1.165, 1.54) is 48.4 Å². The minimum Gasteiger partial charge on any atom is -0.468 e. The van der Waals surface area contributed by atoms with Gasteiger partial charge in [-0.05, 0) is 30.2 Å². The van der Waals surface area contributed by atoms with Crippen molar-refractivity contribution in [3.8, 4) is 0 Å². The molecule has 2 aromatic carbocycles. The van der Waals surface area contributed by atoms with E-state index in [4.69, 9.17) is 4.74 Å². The highest BCUT2D eigenvalue weighted by Gasteiger charge is 2.40. The number of ether oxygens (including phenoxy) is 1. The zero-order chi connectivity index (χ0) is 21.9. The molecule has 5 nitrogen and oxygen atoms in total. The highest BCUT2D eigenvalue weighted by Crippen LogP contribution is 2.33. The van der Waals surface area contributed by atoms with Gasteiger partial charge in [0.05, 0.1) is 18.2 Å². The number of amides is 1. The van der Waals surface area contributed by atoms with Gasteiger partial charge in [0.15, 0.2) is 0 Å². The summed E-state index contributed by atoms with van der Waals surface area (Å²) in [4.78, 5) is 26.1. The first-order valence-electron chi connectivity index (χ1n) is 9.23. The number of hydrogen-bond acceptors (Lipinski definition) is 4. The number of methoxy groups -OCH3 is 1. The van der Waals surface area contributed by atoms with Crippen LogP contribution in [0, 0.1) is 5.82 Å². The molecular formula is C21H20F4N2O3. The maximum atomic E-state index is 13.8. The van der Waals surface area contributed by atoms with Crippen LogP contribution in [0.15, 0.2) is 48.5 Å². The van der Waals surface area contributed by atoms with Crippen LogP contribution in [0.4, 0.5) is 17.6 Å². The second-order valence-corrected chi connectivity index (χ2v) is 7.01. The van der Waals surface area contributed by atoms with Gasteiger partial charge in [0.25, 0.3) is 5.91 Å². The quantitative estimate of drug-likeness (QED) is 0.591. The molecule has 0 bridgehead atoms. The Labute approximate surface area is 170 Å². The van der Waals surface area contributed by atoms with Gasteiger partial charge >= 0.3 is 12.1 Å². The van der Waals surface area contributed by atoms with Crippen LogP contribution in [0.3, 0.4) is 0 Å². The van der Waals surface area contributed by atoms with Crippen LogP contribution in [-0.4, -0.2) is 42.5 Å². The Morgan fingerprint density at radius 2 is 1.80 bits per heavy atom. The Bertz CT molecular complexity index is 932. The molecule has 1 saturated heterocycles. The molecule has 1 amide bonds. The van der Waals surface area contributed by atoms with Crippen molar-refractivity contribution in [1.29, 1.82) is 0 Å². The number of carbonyl (C=O) groups excluding carboxylic acids is 2. The van der Waals surface area contributed by atoms with Crippen molar-refractivity contribution in [3.05, 3.63) is 71.0 Å². The Morgan fingerprint density at radius 3 is 2.47 bits per heavy atom. The molecule has 1 heterocycles. The molecule has 1 fully saturated rings. The second-order valence-electron chi connectivity index (χ2n) is 7.01. The van der Waals surface area contributed by atoms with Crippen LogP contribution in [0.25, 0.3) is 0 Å². The van der Waals surface area contributed by atoms with Crippen molar-refractivity contribution in [3.63, 3.8) is 0 Å². The van der Waals surface area contributed by atoms with E-state index in [1.807, 2.05) is 0 Å². The van der Waals surface area contributed by atoms with Gasteiger partial charge in [-0.15, -0.1) is 0 Å². The summed E-state index contributed by atoms with van der Waals surface area (Å²) in [5.74, 6) is -1.95. The summed E-state index contributed by atoms with van der Waals surface area (Å²) in [6.07, 6.45) is -4.39. The fourth-order valence-electron chi connectivity index (χ4n) is 3.63. The number of likely N-dealkylation sites (tertiary alicyclic amines) is 1. The van der Waals surface area contributed by atoms with E-state index in [-0.39, 0.29) is 30.6 Å². The third-order valence-corrected chi connectivity index (χ3v) is 5.03. The summed E-state index contributed by atoms with van der Waals surface area (Å²) >= 11 is 0. The molecule has 0 unspecified atom stereocenters. The van der Waals surface area contributed by atoms with Crippen molar-refractivity contribution in [2.24, 2.45) is 0 Å². The van der Waals surface area contributed by atoms with Gasteiger partial charge in [0.1, 0.15) is 11.9 Å². The molecule has 0 radical (unpaired) electrons. The molecule has 160 valence electrons. The fraction of sp³-hybridized carbons (Fsp3) is 0.333. The number of esters is 1. The molecule has 0 saturated carbocycles. The molecule has 3 rings (SSSR count). The first kappa shape index (κ1) is 21.8. The van der Waals surface area contributed by atoms with Gasteiger partial charge < -0.3 is 10.1 Å². The number of halogens is 4. The summed E-state index contributed by atoms with van der Waals surface area (Å²) in [7, 11) is 1.19. The van der Waals surface area contributed by atoms with Crippen LogP contribution in [0.5, 0.6) is 0 Å². The van der Waals surface area contributed by atoms with Gasteiger partial charge in [-0.3, -0.25) is 14.5 Å². The summed E-state index contributed by atoms with van der Waals surface area (Å²) in [5.41, 5.74) is -0.916. The first-order chi connectivity index (χ1) is 14.2. The van der Waals surface area contributed by atoms with E-state index in [9.17, 15) is 27.2 Å². The predicted molar refractivity (Wildman–Crippen MR) is 99.9 cm³/mol. The maximum absolute atomic E-state index is 13.8. The van der Waals surface area contributed by atoms with Gasteiger partial charge in [-0.1, -0.05) is 30.3 Å². The standard InChI is InChI=1S/C21H20F4N2O3/c1-30-20(29)18-10-14(26-19(28)15-7-3-5-9-17(15)22)12-27(18)11-13-6-2-4-8-16(13)21(23,24)25/h2-9,14,18H,10-12H2,1H3,(H,26,28)/t14-,18-/m0/s1. The van der Waals surface area contributed by atoms with E-state index in [1.54, 1.807) is 0 Å². The van der Waals surface area contributed by atoms with Gasteiger partial charge in [0, 0.05) is 19.1 Å².